The quantitative estimate of drug-likeness (QED) is 0.757. The Kier molecular flexibility index (Phi) is 2.15. The minimum absolute atomic E-state index is 0.0920. The van der Waals surface area contributed by atoms with Gasteiger partial charge in [0.25, 0.3) is 0 Å². The number of aryl methyl sites for hydroxylation is 1. The van der Waals surface area contributed by atoms with Crippen molar-refractivity contribution in [2.45, 2.75) is 25.3 Å². The molecule has 0 spiro atoms. The van der Waals surface area contributed by atoms with Crippen LogP contribution in [0.1, 0.15) is 29.8 Å². The number of rotatable bonds is 3. The standard InChI is InChI=1S/C9H13N3O2/c1-12-5-7(8(13)14)11-9(12)10-6-3-2-4-6/h5-6H,2-4H2,1H3,(H,10,11)(H,13,14). The first-order valence-electron chi connectivity index (χ1n) is 4.70. The lowest BCUT2D eigenvalue weighted by Crippen LogP contribution is -2.28. The van der Waals surface area contributed by atoms with E-state index >= 15 is 0 Å². The predicted molar refractivity (Wildman–Crippen MR) is 51.4 cm³/mol. The molecule has 2 N–H and O–H groups in total. The highest BCUT2D eigenvalue weighted by Crippen LogP contribution is 2.22. The molecular formula is C9H13N3O2. The van der Waals surface area contributed by atoms with Crippen LogP contribution in [0.3, 0.4) is 0 Å². The largest absolute Gasteiger partial charge is 0.476 e. The molecule has 0 unspecified atom stereocenters. The summed E-state index contributed by atoms with van der Waals surface area (Å²) in [5.74, 6) is -0.339. The molecule has 5 nitrogen and oxygen atoms in total. The summed E-state index contributed by atoms with van der Waals surface area (Å²) in [6, 6.07) is 0.470. The Bertz CT molecular complexity index is 355. The smallest absolute Gasteiger partial charge is 0.356 e. The van der Waals surface area contributed by atoms with Crippen molar-refractivity contribution in [3.63, 3.8) is 0 Å². The molecule has 1 aliphatic carbocycles. The lowest BCUT2D eigenvalue weighted by atomic mass is 9.93. The highest BCUT2D eigenvalue weighted by Gasteiger charge is 2.19. The van der Waals surface area contributed by atoms with Gasteiger partial charge in [0.15, 0.2) is 5.69 Å². The summed E-state index contributed by atoms with van der Waals surface area (Å²) in [5.41, 5.74) is 0.0920. The van der Waals surface area contributed by atoms with Crippen molar-refractivity contribution in [3.05, 3.63) is 11.9 Å². The van der Waals surface area contributed by atoms with E-state index < -0.39 is 5.97 Å². The summed E-state index contributed by atoms with van der Waals surface area (Å²) in [6.45, 7) is 0. The molecule has 14 heavy (non-hydrogen) atoms. The Morgan fingerprint density at radius 2 is 2.43 bits per heavy atom. The molecule has 0 aromatic carbocycles. The van der Waals surface area contributed by atoms with Gasteiger partial charge < -0.3 is 15.0 Å². The van der Waals surface area contributed by atoms with E-state index in [1.807, 2.05) is 0 Å². The molecule has 0 radical (unpaired) electrons. The van der Waals surface area contributed by atoms with E-state index in [1.165, 1.54) is 12.6 Å². The molecule has 1 aromatic rings. The number of anilines is 1. The Morgan fingerprint density at radius 3 is 2.86 bits per heavy atom. The molecule has 2 rings (SSSR count). The third kappa shape index (κ3) is 1.57. The van der Waals surface area contributed by atoms with Crippen molar-refractivity contribution in [2.24, 2.45) is 7.05 Å². The number of aromatic nitrogens is 2. The molecule has 1 fully saturated rings. The summed E-state index contributed by atoms with van der Waals surface area (Å²) in [7, 11) is 1.79. The first kappa shape index (κ1) is 9.05. The Balaban J connectivity index is 2.12. The topological polar surface area (TPSA) is 67.2 Å². The normalized spacial score (nSPS) is 16.4. The first-order valence-corrected chi connectivity index (χ1v) is 4.70. The second-order valence-electron chi connectivity index (χ2n) is 3.64. The van der Waals surface area contributed by atoms with Gasteiger partial charge in [-0.3, -0.25) is 0 Å². The summed E-state index contributed by atoms with van der Waals surface area (Å²) in [6.07, 6.45) is 5.06. The highest BCUT2D eigenvalue weighted by molar-refractivity contribution is 5.85. The maximum absolute atomic E-state index is 10.6. The third-order valence-corrected chi connectivity index (χ3v) is 2.53. The molecular weight excluding hydrogens is 182 g/mol. The summed E-state index contributed by atoms with van der Waals surface area (Å²) in [4.78, 5) is 14.6. The Morgan fingerprint density at radius 1 is 1.71 bits per heavy atom. The average molecular weight is 195 g/mol. The first-order chi connectivity index (χ1) is 6.66. The second-order valence-corrected chi connectivity index (χ2v) is 3.64. The molecule has 0 aliphatic heterocycles. The zero-order valence-electron chi connectivity index (χ0n) is 8.03. The number of hydrogen-bond acceptors (Lipinski definition) is 3. The number of carbonyl (C=O) groups is 1. The Hall–Kier alpha value is -1.52. The number of aromatic carboxylic acids is 1. The van der Waals surface area contributed by atoms with Crippen molar-refractivity contribution in [3.8, 4) is 0 Å². The van der Waals surface area contributed by atoms with Crippen LogP contribution in [-0.4, -0.2) is 26.7 Å². The highest BCUT2D eigenvalue weighted by atomic mass is 16.4. The number of nitrogens with one attached hydrogen (secondary N) is 1. The summed E-state index contributed by atoms with van der Waals surface area (Å²) in [5, 5.41) is 11.9. The molecule has 0 atom stereocenters. The summed E-state index contributed by atoms with van der Waals surface area (Å²) < 4.78 is 1.71. The maximum Gasteiger partial charge on any atom is 0.356 e. The zero-order valence-corrected chi connectivity index (χ0v) is 8.03. The number of carboxylic acids is 1. The van der Waals surface area contributed by atoms with Gasteiger partial charge in [0.1, 0.15) is 0 Å². The van der Waals surface area contributed by atoms with Crippen LogP contribution in [0, 0.1) is 0 Å². The van der Waals surface area contributed by atoms with Gasteiger partial charge >= 0.3 is 5.97 Å². The van der Waals surface area contributed by atoms with Gasteiger partial charge in [-0.05, 0) is 19.3 Å². The molecule has 1 aliphatic rings. The van der Waals surface area contributed by atoms with E-state index in [0.29, 0.717) is 12.0 Å². The fourth-order valence-corrected chi connectivity index (χ4v) is 1.44. The van der Waals surface area contributed by atoms with Gasteiger partial charge in [0.05, 0.1) is 0 Å². The minimum atomic E-state index is -0.984. The molecule has 0 amide bonds. The van der Waals surface area contributed by atoms with Gasteiger partial charge in [-0.2, -0.15) is 0 Å². The number of nitrogens with zero attached hydrogens (tertiary/aromatic N) is 2. The molecule has 0 saturated heterocycles. The average Bonchev–Trinajstić information content (AvgIpc) is 2.40. The van der Waals surface area contributed by atoms with Gasteiger partial charge in [0, 0.05) is 19.3 Å². The molecule has 5 heteroatoms. The van der Waals surface area contributed by atoms with Crippen LogP contribution in [0.5, 0.6) is 0 Å². The van der Waals surface area contributed by atoms with E-state index in [2.05, 4.69) is 10.3 Å². The van der Waals surface area contributed by atoms with E-state index in [4.69, 9.17) is 5.11 Å². The van der Waals surface area contributed by atoms with E-state index in [9.17, 15) is 4.79 Å². The molecule has 0 bridgehead atoms. The van der Waals surface area contributed by atoms with Gasteiger partial charge in [-0.1, -0.05) is 0 Å². The SMILES string of the molecule is Cn1cc(C(=O)O)nc1NC1CCC1. The third-order valence-electron chi connectivity index (χ3n) is 2.53. The van der Waals surface area contributed by atoms with Crippen LogP contribution < -0.4 is 5.32 Å². The zero-order chi connectivity index (χ0) is 10.1. The van der Waals surface area contributed by atoms with Crippen LogP contribution in [0.25, 0.3) is 0 Å². The van der Waals surface area contributed by atoms with Crippen molar-refractivity contribution in [2.75, 3.05) is 5.32 Å². The number of imidazole rings is 1. The van der Waals surface area contributed by atoms with E-state index in [1.54, 1.807) is 11.6 Å². The Labute approximate surface area is 81.8 Å². The van der Waals surface area contributed by atoms with Crippen LogP contribution in [-0.2, 0) is 7.05 Å². The van der Waals surface area contributed by atoms with Crippen LogP contribution in [0.2, 0.25) is 0 Å². The fourth-order valence-electron chi connectivity index (χ4n) is 1.44. The molecule has 1 heterocycles. The fraction of sp³-hybridized carbons (Fsp3) is 0.556. The van der Waals surface area contributed by atoms with Crippen molar-refractivity contribution in [1.82, 2.24) is 9.55 Å². The lowest BCUT2D eigenvalue weighted by molar-refractivity contribution is 0.0691. The second kappa shape index (κ2) is 3.32. The monoisotopic (exact) mass is 195 g/mol. The van der Waals surface area contributed by atoms with Gasteiger partial charge in [-0.15, -0.1) is 0 Å². The van der Waals surface area contributed by atoms with Crippen LogP contribution >= 0.6 is 0 Å². The van der Waals surface area contributed by atoms with E-state index in [-0.39, 0.29) is 5.69 Å². The van der Waals surface area contributed by atoms with Crippen LogP contribution in [0.15, 0.2) is 6.20 Å². The molecule has 76 valence electrons. The summed E-state index contributed by atoms with van der Waals surface area (Å²) >= 11 is 0. The van der Waals surface area contributed by atoms with Gasteiger partial charge in [0.2, 0.25) is 5.95 Å². The number of carboxylic acid groups (broad SMARTS) is 1. The van der Waals surface area contributed by atoms with Gasteiger partial charge in [-0.25, -0.2) is 9.78 Å². The van der Waals surface area contributed by atoms with E-state index in [0.717, 1.165) is 12.8 Å². The molecule has 1 aromatic heterocycles. The maximum atomic E-state index is 10.6. The van der Waals surface area contributed by atoms with Crippen LogP contribution in [0.4, 0.5) is 5.95 Å². The van der Waals surface area contributed by atoms with Crippen molar-refractivity contribution < 1.29 is 9.90 Å². The van der Waals surface area contributed by atoms with Crippen molar-refractivity contribution >= 4 is 11.9 Å². The minimum Gasteiger partial charge on any atom is -0.476 e. The number of hydrogen-bond donors (Lipinski definition) is 2. The predicted octanol–water partition coefficient (Wildman–Crippen LogP) is 1.08. The lowest BCUT2D eigenvalue weighted by Gasteiger charge is -2.26. The van der Waals surface area contributed by atoms with Crippen molar-refractivity contribution in [1.29, 1.82) is 0 Å². The molecule has 1 saturated carbocycles.